The molecule has 1 amide bonds. The number of carbonyl (C=O) groups excluding carboxylic acids is 2. The minimum atomic E-state index is -0.697. The zero-order valence-corrected chi connectivity index (χ0v) is 18.8. The Balaban J connectivity index is 1.64. The third-order valence-corrected chi connectivity index (χ3v) is 4.57. The summed E-state index contributed by atoms with van der Waals surface area (Å²) in [7, 11) is 1.68. The second-order valence-electron chi connectivity index (χ2n) is 8.37. The average molecular weight is 444 g/mol. The molecular formula is C24H24N6O3. The highest BCUT2D eigenvalue weighted by Crippen LogP contribution is 2.20. The molecule has 1 N–H and O–H groups in total. The molecule has 4 rings (SSSR count). The van der Waals surface area contributed by atoms with Gasteiger partial charge in [0.25, 0.3) is 5.91 Å². The summed E-state index contributed by atoms with van der Waals surface area (Å²) >= 11 is 0. The van der Waals surface area contributed by atoms with Crippen LogP contribution in [0.15, 0.2) is 66.7 Å². The summed E-state index contributed by atoms with van der Waals surface area (Å²) in [5, 5.41) is 11.4. The van der Waals surface area contributed by atoms with Gasteiger partial charge in [-0.15, -0.1) is 5.10 Å². The summed E-state index contributed by atoms with van der Waals surface area (Å²) in [5.74, 6) is -0.364. The Labute approximate surface area is 191 Å². The molecule has 0 saturated heterocycles. The number of hydrogen-bond donors (Lipinski definition) is 1. The number of rotatable bonds is 5. The Morgan fingerprint density at radius 2 is 1.58 bits per heavy atom. The first-order valence-electron chi connectivity index (χ1n) is 10.4. The number of ether oxygens (including phenoxy) is 1. The van der Waals surface area contributed by atoms with Crippen molar-refractivity contribution < 1.29 is 14.3 Å². The van der Waals surface area contributed by atoms with Crippen LogP contribution in [0.2, 0.25) is 0 Å². The zero-order chi connectivity index (χ0) is 23.6. The van der Waals surface area contributed by atoms with Crippen LogP contribution in [0.5, 0.6) is 0 Å². The molecule has 0 saturated carbocycles. The fraction of sp³-hybridized carbons (Fsp3) is 0.208. The van der Waals surface area contributed by atoms with Crippen LogP contribution in [0.25, 0.3) is 17.1 Å². The highest BCUT2D eigenvalue weighted by Gasteiger charge is 2.26. The number of carbonyl (C=O) groups is 2. The lowest BCUT2D eigenvalue weighted by Gasteiger charge is -2.19. The third kappa shape index (κ3) is 4.98. The number of aromatic nitrogens is 5. The number of nitrogens with zero attached hydrogens (tertiary/aromatic N) is 5. The highest BCUT2D eigenvalue weighted by atomic mass is 16.6. The van der Waals surface area contributed by atoms with E-state index in [0.29, 0.717) is 11.5 Å². The Morgan fingerprint density at radius 1 is 0.939 bits per heavy atom. The second-order valence-corrected chi connectivity index (χ2v) is 8.37. The molecule has 0 aliphatic heterocycles. The van der Waals surface area contributed by atoms with Gasteiger partial charge in [-0.25, -0.2) is 14.2 Å². The van der Waals surface area contributed by atoms with Crippen molar-refractivity contribution in [1.82, 2.24) is 24.5 Å². The van der Waals surface area contributed by atoms with Gasteiger partial charge in [-0.2, -0.15) is 10.1 Å². The minimum absolute atomic E-state index is 0.0453. The van der Waals surface area contributed by atoms with E-state index in [1.54, 1.807) is 40.0 Å². The number of amides is 1. The van der Waals surface area contributed by atoms with Gasteiger partial charge in [-0.1, -0.05) is 48.5 Å². The van der Waals surface area contributed by atoms with E-state index >= 15 is 0 Å². The van der Waals surface area contributed by atoms with E-state index in [9.17, 15) is 9.59 Å². The quantitative estimate of drug-likeness (QED) is 0.469. The predicted molar refractivity (Wildman–Crippen MR) is 123 cm³/mol. The van der Waals surface area contributed by atoms with Gasteiger partial charge >= 0.3 is 5.97 Å². The van der Waals surface area contributed by atoms with E-state index < -0.39 is 17.5 Å². The van der Waals surface area contributed by atoms with Crippen LogP contribution in [0.1, 0.15) is 41.7 Å². The molecule has 4 aromatic rings. The highest BCUT2D eigenvalue weighted by molar-refractivity contribution is 6.03. The lowest BCUT2D eigenvalue weighted by molar-refractivity contribution is 0.00593. The van der Waals surface area contributed by atoms with Gasteiger partial charge in [-0.05, 0) is 32.9 Å². The van der Waals surface area contributed by atoms with Gasteiger partial charge in [-0.3, -0.25) is 10.1 Å². The molecule has 9 heteroatoms. The van der Waals surface area contributed by atoms with E-state index in [-0.39, 0.29) is 17.3 Å². The van der Waals surface area contributed by atoms with Gasteiger partial charge in [0, 0.05) is 18.7 Å². The maximum atomic E-state index is 13.0. The van der Waals surface area contributed by atoms with Crippen molar-refractivity contribution in [3.05, 3.63) is 78.1 Å². The fourth-order valence-electron chi connectivity index (χ4n) is 3.10. The molecule has 2 heterocycles. The first kappa shape index (κ1) is 21.9. The second kappa shape index (κ2) is 8.70. The topological polar surface area (TPSA) is 104 Å². The van der Waals surface area contributed by atoms with Crippen LogP contribution in [0, 0.1) is 0 Å². The van der Waals surface area contributed by atoms with Crippen LogP contribution in [-0.4, -0.2) is 42.0 Å². The first-order valence-corrected chi connectivity index (χ1v) is 10.4. The molecule has 0 aliphatic rings. The Hall–Kier alpha value is -4.27. The molecule has 33 heavy (non-hydrogen) atoms. The van der Waals surface area contributed by atoms with Crippen LogP contribution in [0.3, 0.4) is 0 Å². The van der Waals surface area contributed by atoms with Crippen molar-refractivity contribution in [2.75, 3.05) is 5.32 Å². The molecule has 2 aromatic heterocycles. The number of benzene rings is 2. The molecule has 0 radical (unpaired) electrons. The molecule has 0 fully saturated rings. The molecule has 9 nitrogen and oxygen atoms in total. The number of esters is 1. The summed E-state index contributed by atoms with van der Waals surface area (Å²) in [6, 6.07) is 19.9. The van der Waals surface area contributed by atoms with Crippen molar-refractivity contribution in [2.45, 2.75) is 26.4 Å². The normalized spacial score (nSPS) is 11.3. The standard InChI is InChI=1S/C24H24N6O3/c1-24(2,3)33-22(32)19-15-18(27-30(19)17-13-9-6-10-14-17)21(31)26-23-25-20(28-29(23)4)16-11-7-5-8-12-16/h5-15H,1-4H3,(H,25,26,28,31). The molecule has 0 spiro atoms. The molecule has 0 atom stereocenters. The molecule has 0 aliphatic carbocycles. The summed E-state index contributed by atoms with van der Waals surface area (Å²) in [6.07, 6.45) is 0. The van der Waals surface area contributed by atoms with E-state index in [1.165, 1.54) is 15.4 Å². The molecule has 168 valence electrons. The van der Waals surface area contributed by atoms with Crippen molar-refractivity contribution in [3.8, 4) is 17.1 Å². The van der Waals surface area contributed by atoms with Crippen LogP contribution < -0.4 is 5.32 Å². The maximum Gasteiger partial charge on any atom is 0.357 e. The maximum absolute atomic E-state index is 13.0. The van der Waals surface area contributed by atoms with E-state index in [0.717, 1.165) is 5.56 Å². The summed E-state index contributed by atoms with van der Waals surface area (Å²) in [5.41, 5.74) is 0.947. The lowest BCUT2D eigenvalue weighted by Crippen LogP contribution is -2.25. The number of para-hydroxylation sites is 1. The van der Waals surface area contributed by atoms with Crippen LogP contribution in [0.4, 0.5) is 5.95 Å². The molecule has 2 aromatic carbocycles. The van der Waals surface area contributed by atoms with Gasteiger partial charge < -0.3 is 4.74 Å². The van der Waals surface area contributed by atoms with E-state index in [4.69, 9.17) is 4.74 Å². The SMILES string of the molecule is Cn1nc(-c2ccccc2)nc1NC(=O)c1cc(C(=O)OC(C)(C)C)n(-c2ccccc2)n1. The monoisotopic (exact) mass is 444 g/mol. The summed E-state index contributed by atoms with van der Waals surface area (Å²) in [4.78, 5) is 30.2. The Bertz CT molecular complexity index is 1290. The smallest absolute Gasteiger partial charge is 0.357 e. The Morgan fingerprint density at radius 3 is 2.21 bits per heavy atom. The fourth-order valence-corrected chi connectivity index (χ4v) is 3.10. The van der Waals surface area contributed by atoms with Crippen molar-refractivity contribution >= 4 is 17.8 Å². The summed E-state index contributed by atoms with van der Waals surface area (Å²) < 4.78 is 8.38. The van der Waals surface area contributed by atoms with Gasteiger partial charge in [0.05, 0.1) is 5.69 Å². The Kier molecular flexibility index (Phi) is 5.78. The molecular weight excluding hydrogens is 420 g/mol. The number of nitrogens with one attached hydrogen (secondary N) is 1. The number of aryl methyl sites for hydroxylation is 1. The van der Waals surface area contributed by atoms with Crippen molar-refractivity contribution in [2.24, 2.45) is 7.05 Å². The van der Waals surface area contributed by atoms with E-state index in [2.05, 4.69) is 20.5 Å². The van der Waals surface area contributed by atoms with Gasteiger partial charge in [0.15, 0.2) is 17.2 Å². The van der Waals surface area contributed by atoms with Gasteiger partial charge in [0.1, 0.15) is 5.60 Å². The third-order valence-electron chi connectivity index (χ3n) is 4.57. The first-order chi connectivity index (χ1) is 15.7. The lowest BCUT2D eigenvalue weighted by atomic mass is 10.2. The van der Waals surface area contributed by atoms with E-state index in [1.807, 2.05) is 48.5 Å². The average Bonchev–Trinajstić information content (AvgIpc) is 3.38. The predicted octanol–water partition coefficient (Wildman–Crippen LogP) is 3.88. The van der Waals surface area contributed by atoms with Crippen molar-refractivity contribution in [1.29, 1.82) is 0 Å². The van der Waals surface area contributed by atoms with Crippen LogP contribution in [-0.2, 0) is 11.8 Å². The largest absolute Gasteiger partial charge is 0.455 e. The number of hydrogen-bond acceptors (Lipinski definition) is 6. The molecule has 0 unspecified atom stereocenters. The molecule has 0 bridgehead atoms. The van der Waals surface area contributed by atoms with Crippen LogP contribution >= 0.6 is 0 Å². The van der Waals surface area contributed by atoms with Gasteiger partial charge in [0.2, 0.25) is 5.95 Å². The summed E-state index contributed by atoms with van der Waals surface area (Å²) in [6.45, 7) is 5.33. The van der Waals surface area contributed by atoms with Crippen molar-refractivity contribution in [3.63, 3.8) is 0 Å². The number of anilines is 1. The zero-order valence-electron chi connectivity index (χ0n) is 18.8. The minimum Gasteiger partial charge on any atom is -0.455 e.